The van der Waals surface area contributed by atoms with Gasteiger partial charge in [-0.15, -0.1) is 11.8 Å². The van der Waals surface area contributed by atoms with E-state index in [1.54, 1.807) is 13.0 Å². The maximum Gasteiger partial charge on any atom is 0.235 e. The number of carbonyl (C=O) groups excluding carboxylic acids is 2. The summed E-state index contributed by atoms with van der Waals surface area (Å²) in [6.45, 7) is 1.74. The number of hydrogen-bond donors (Lipinski definition) is 2. The van der Waals surface area contributed by atoms with E-state index < -0.39 is 0 Å². The number of hydrogen-bond acceptors (Lipinski definition) is 6. The largest absolute Gasteiger partial charge is 0.378 e. The van der Waals surface area contributed by atoms with Gasteiger partial charge < -0.3 is 20.1 Å². The van der Waals surface area contributed by atoms with Gasteiger partial charge in [-0.3, -0.25) is 9.59 Å². The third-order valence-electron chi connectivity index (χ3n) is 3.03. The highest BCUT2D eigenvalue weighted by atomic mass is 32.2. The number of carbonyl (C=O) groups is 2. The zero-order valence-electron chi connectivity index (χ0n) is 13.8. The Morgan fingerprint density at radius 2 is 1.75 bits per heavy atom. The van der Waals surface area contributed by atoms with Crippen LogP contribution in [0.1, 0.15) is 5.76 Å². The Balaban J connectivity index is 1.70. The third-order valence-corrected chi connectivity index (χ3v) is 3.96. The molecule has 0 bridgehead atoms. The minimum atomic E-state index is -0.226. The molecule has 8 heteroatoms. The lowest BCUT2D eigenvalue weighted by Gasteiger charge is -2.13. The standard InChI is InChI=1S/C16H20N4O3S/c1-11-8-14(19-23-11)18-16(22)10-24-9-15(21)17-12-4-6-13(7-5-12)20(2)3/h4-8H,9-10H2,1-3H3,(H,17,21)(H,18,19,22). The summed E-state index contributed by atoms with van der Waals surface area (Å²) in [5, 5.41) is 9.07. The summed E-state index contributed by atoms with van der Waals surface area (Å²) < 4.78 is 4.86. The van der Waals surface area contributed by atoms with E-state index in [0.717, 1.165) is 11.4 Å². The molecule has 0 radical (unpaired) electrons. The van der Waals surface area contributed by atoms with Crippen molar-refractivity contribution in [1.82, 2.24) is 5.16 Å². The Kier molecular flexibility index (Phi) is 6.25. The van der Waals surface area contributed by atoms with E-state index in [1.165, 1.54) is 11.8 Å². The molecular weight excluding hydrogens is 328 g/mol. The van der Waals surface area contributed by atoms with Crippen LogP contribution in [0.15, 0.2) is 34.9 Å². The molecule has 1 aromatic heterocycles. The smallest absolute Gasteiger partial charge is 0.235 e. The van der Waals surface area contributed by atoms with Gasteiger partial charge in [0.15, 0.2) is 5.82 Å². The molecule has 1 aromatic carbocycles. The lowest BCUT2D eigenvalue weighted by molar-refractivity contribution is -0.114. The first-order valence-electron chi connectivity index (χ1n) is 7.32. The summed E-state index contributed by atoms with van der Waals surface area (Å²) in [6.07, 6.45) is 0. The Bertz CT molecular complexity index is 698. The van der Waals surface area contributed by atoms with E-state index in [1.807, 2.05) is 43.3 Å². The number of thioether (sulfide) groups is 1. The second-order valence-electron chi connectivity index (χ2n) is 5.35. The molecule has 0 atom stereocenters. The van der Waals surface area contributed by atoms with Gasteiger partial charge in [0.05, 0.1) is 11.5 Å². The summed E-state index contributed by atoms with van der Waals surface area (Å²) in [5.74, 6) is 0.986. The fourth-order valence-corrected chi connectivity index (χ4v) is 2.50. The summed E-state index contributed by atoms with van der Waals surface area (Å²) in [5.41, 5.74) is 1.79. The number of benzene rings is 1. The molecule has 2 aromatic rings. The van der Waals surface area contributed by atoms with E-state index in [2.05, 4.69) is 15.8 Å². The van der Waals surface area contributed by atoms with Crippen molar-refractivity contribution < 1.29 is 14.1 Å². The fourth-order valence-electron chi connectivity index (χ4n) is 1.88. The Hall–Kier alpha value is -2.48. The minimum Gasteiger partial charge on any atom is -0.378 e. The monoisotopic (exact) mass is 348 g/mol. The van der Waals surface area contributed by atoms with E-state index >= 15 is 0 Å². The molecule has 2 rings (SSSR count). The molecule has 0 aliphatic rings. The van der Waals surface area contributed by atoms with Crippen molar-refractivity contribution in [2.45, 2.75) is 6.92 Å². The van der Waals surface area contributed by atoms with Crippen molar-refractivity contribution in [2.75, 3.05) is 41.1 Å². The second kappa shape index (κ2) is 8.39. The number of nitrogens with one attached hydrogen (secondary N) is 2. The first-order valence-corrected chi connectivity index (χ1v) is 8.47. The van der Waals surface area contributed by atoms with Gasteiger partial charge in [0.2, 0.25) is 11.8 Å². The van der Waals surface area contributed by atoms with Crippen LogP contribution in [0, 0.1) is 6.92 Å². The lowest BCUT2D eigenvalue weighted by atomic mass is 10.2. The number of amides is 2. The average Bonchev–Trinajstić information content (AvgIpc) is 2.92. The van der Waals surface area contributed by atoms with Crippen LogP contribution in [-0.2, 0) is 9.59 Å². The van der Waals surface area contributed by atoms with Crippen LogP contribution in [0.25, 0.3) is 0 Å². The fraction of sp³-hybridized carbons (Fsp3) is 0.312. The van der Waals surface area contributed by atoms with Crippen molar-refractivity contribution in [2.24, 2.45) is 0 Å². The van der Waals surface area contributed by atoms with Gasteiger partial charge in [-0.1, -0.05) is 5.16 Å². The third kappa shape index (κ3) is 5.62. The molecule has 0 saturated heterocycles. The van der Waals surface area contributed by atoms with E-state index in [0.29, 0.717) is 11.6 Å². The predicted molar refractivity (Wildman–Crippen MR) is 96.6 cm³/mol. The molecule has 1 heterocycles. The van der Waals surface area contributed by atoms with Crippen LogP contribution in [0.5, 0.6) is 0 Å². The summed E-state index contributed by atoms with van der Waals surface area (Å²) in [4.78, 5) is 25.6. The Labute approximate surface area is 144 Å². The second-order valence-corrected chi connectivity index (χ2v) is 6.34. The number of nitrogens with zero attached hydrogens (tertiary/aromatic N) is 2. The molecule has 0 aliphatic heterocycles. The minimum absolute atomic E-state index is 0.150. The normalized spacial score (nSPS) is 10.3. The van der Waals surface area contributed by atoms with Crippen molar-refractivity contribution >= 4 is 40.8 Å². The zero-order valence-corrected chi connectivity index (χ0v) is 14.6. The highest BCUT2D eigenvalue weighted by molar-refractivity contribution is 8.00. The van der Waals surface area contributed by atoms with Crippen LogP contribution >= 0.6 is 11.8 Å². The van der Waals surface area contributed by atoms with E-state index in [-0.39, 0.29) is 23.3 Å². The van der Waals surface area contributed by atoms with Gasteiger partial charge in [-0.2, -0.15) is 0 Å². The van der Waals surface area contributed by atoms with Crippen LogP contribution in [0.4, 0.5) is 17.2 Å². The van der Waals surface area contributed by atoms with Gasteiger partial charge in [0.25, 0.3) is 0 Å². The van der Waals surface area contributed by atoms with Crippen LogP contribution in [0.3, 0.4) is 0 Å². The summed E-state index contributed by atoms with van der Waals surface area (Å²) in [6, 6.07) is 9.17. The molecule has 2 amide bonds. The maximum atomic E-state index is 11.9. The van der Waals surface area contributed by atoms with Gasteiger partial charge in [0, 0.05) is 31.5 Å². The number of aromatic nitrogens is 1. The number of anilines is 3. The summed E-state index contributed by atoms with van der Waals surface area (Å²) in [7, 11) is 3.91. The predicted octanol–water partition coefficient (Wildman–Crippen LogP) is 2.36. The summed E-state index contributed by atoms with van der Waals surface area (Å²) >= 11 is 1.23. The van der Waals surface area contributed by atoms with Gasteiger partial charge in [0.1, 0.15) is 5.76 Å². The Morgan fingerprint density at radius 1 is 1.12 bits per heavy atom. The van der Waals surface area contributed by atoms with E-state index in [4.69, 9.17) is 4.52 Å². The number of rotatable bonds is 7. The van der Waals surface area contributed by atoms with Crippen molar-refractivity contribution in [1.29, 1.82) is 0 Å². The highest BCUT2D eigenvalue weighted by Gasteiger charge is 2.08. The molecule has 0 fully saturated rings. The average molecular weight is 348 g/mol. The van der Waals surface area contributed by atoms with Crippen LogP contribution < -0.4 is 15.5 Å². The van der Waals surface area contributed by atoms with Gasteiger partial charge in [-0.05, 0) is 31.2 Å². The van der Waals surface area contributed by atoms with E-state index in [9.17, 15) is 9.59 Å². The molecule has 7 nitrogen and oxygen atoms in total. The molecule has 0 unspecified atom stereocenters. The van der Waals surface area contributed by atoms with Gasteiger partial charge in [-0.25, -0.2) is 0 Å². The lowest BCUT2D eigenvalue weighted by Crippen LogP contribution is -2.18. The topological polar surface area (TPSA) is 87.5 Å². The van der Waals surface area contributed by atoms with Crippen molar-refractivity contribution in [3.63, 3.8) is 0 Å². The Morgan fingerprint density at radius 3 is 2.29 bits per heavy atom. The molecule has 0 saturated carbocycles. The number of aryl methyl sites for hydroxylation is 1. The van der Waals surface area contributed by atoms with Crippen LogP contribution in [-0.4, -0.2) is 42.6 Å². The zero-order chi connectivity index (χ0) is 17.5. The first kappa shape index (κ1) is 17.9. The van der Waals surface area contributed by atoms with Gasteiger partial charge >= 0.3 is 0 Å². The van der Waals surface area contributed by atoms with Crippen LogP contribution in [0.2, 0.25) is 0 Å². The van der Waals surface area contributed by atoms with Crippen molar-refractivity contribution in [3.05, 3.63) is 36.1 Å². The molecule has 0 aliphatic carbocycles. The quantitative estimate of drug-likeness (QED) is 0.799. The molecule has 0 spiro atoms. The molecule has 128 valence electrons. The molecule has 2 N–H and O–H groups in total. The molecular formula is C16H20N4O3S. The molecule has 24 heavy (non-hydrogen) atoms. The SMILES string of the molecule is Cc1cc(NC(=O)CSCC(=O)Nc2ccc(N(C)C)cc2)no1. The maximum absolute atomic E-state index is 11.9. The highest BCUT2D eigenvalue weighted by Crippen LogP contribution is 2.16. The van der Waals surface area contributed by atoms with Crippen molar-refractivity contribution in [3.8, 4) is 0 Å². The first-order chi connectivity index (χ1) is 11.4.